The van der Waals surface area contributed by atoms with Crippen molar-refractivity contribution in [2.75, 3.05) is 6.54 Å². The van der Waals surface area contributed by atoms with Crippen molar-refractivity contribution in [1.29, 1.82) is 0 Å². The lowest BCUT2D eigenvalue weighted by atomic mass is 9.86. The molecule has 1 aliphatic rings. The van der Waals surface area contributed by atoms with Gasteiger partial charge in [0.25, 0.3) is 5.91 Å². The van der Waals surface area contributed by atoms with Gasteiger partial charge in [0.05, 0.1) is 16.3 Å². The maximum Gasteiger partial charge on any atom is 0.253 e. The second-order valence-electron chi connectivity index (χ2n) is 7.66. The van der Waals surface area contributed by atoms with Crippen LogP contribution in [0.1, 0.15) is 55.6 Å². The monoisotopic (exact) mass is 402 g/mol. The number of aryl methyl sites for hydroxylation is 1. The molecule has 1 aliphatic carbocycles. The minimum atomic E-state index is -0.0914. The van der Waals surface area contributed by atoms with Crippen LogP contribution in [0.25, 0.3) is 0 Å². The summed E-state index contributed by atoms with van der Waals surface area (Å²) in [5.41, 5.74) is 9.70. The van der Waals surface area contributed by atoms with Crippen LogP contribution in [0, 0.1) is 12.8 Å². The first-order valence-corrected chi connectivity index (χ1v) is 10.1. The van der Waals surface area contributed by atoms with Crippen LogP contribution in [0.2, 0.25) is 5.02 Å². The van der Waals surface area contributed by atoms with E-state index in [1.165, 1.54) is 0 Å². The van der Waals surface area contributed by atoms with Gasteiger partial charge in [-0.2, -0.15) is 0 Å². The first-order valence-electron chi connectivity index (χ1n) is 9.72. The lowest BCUT2D eigenvalue weighted by Crippen LogP contribution is -2.39. The molecule has 4 N–H and O–H groups in total. The van der Waals surface area contributed by atoms with Crippen LogP contribution in [-0.4, -0.2) is 23.5 Å². The van der Waals surface area contributed by atoms with Crippen LogP contribution in [-0.2, 0) is 0 Å². The van der Waals surface area contributed by atoms with E-state index in [9.17, 15) is 4.79 Å². The molecule has 0 aliphatic heterocycles. The Labute approximate surface area is 173 Å². The molecule has 1 fully saturated rings. The van der Waals surface area contributed by atoms with Crippen LogP contribution >= 0.6 is 11.6 Å². The molecule has 1 aromatic heterocycles. The molecule has 152 valence electrons. The number of amides is 1. The van der Waals surface area contributed by atoms with Crippen LogP contribution in [0.3, 0.4) is 0 Å². The molecule has 0 bridgehead atoms. The topological polar surface area (TPSA) is 80.0 Å². The van der Waals surface area contributed by atoms with Gasteiger partial charge in [0.2, 0.25) is 0 Å². The summed E-state index contributed by atoms with van der Waals surface area (Å²) in [5, 5.41) is 7.01. The van der Waals surface area contributed by atoms with Gasteiger partial charge in [-0.05, 0) is 76.2 Å². The number of hydrogen-bond donors (Lipinski definition) is 3. The number of carbonyl (C=O) groups is 1. The summed E-state index contributed by atoms with van der Waals surface area (Å²) in [5.74, 6) is 0.492. The average Bonchev–Trinajstić information content (AvgIpc) is 2.62. The van der Waals surface area contributed by atoms with Gasteiger partial charge in [0.1, 0.15) is 0 Å². The van der Waals surface area contributed by atoms with Gasteiger partial charge in [-0.1, -0.05) is 18.2 Å². The zero-order valence-corrected chi connectivity index (χ0v) is 17.8. The summed E-state index contributed by atoms with van der Waals surface area (Å²) in [7, 11) is 0. The molecule has 2 rings (SSSR count). The van der Waals surface area contributed by atoms with E-state index in [1.54, 1.807) is 12.3 Å². The van der Waals surface area contributed by atoms with Gasteiger partial charge in [-0.15, -0.1) is 0 Å². The number of aromatic nitrogens is 1. The van der Waals surface area contributed by atoms with Crippen molar-refractivity contribution in [3.8, 4) is 0 Å². The number of carbonyl (C=O) groups excluding carboxylic acids is 1. The van der Waals surface area contributed by atoms with Crippen LogP contribution in [0.5, 0.6) is 0 Å². The Bertz CT molecular complexity index is 773. The van der Waals surface area contributed by atoms with Crippen molar-refractivity contribution >= 4 is 17.5 Å². The van der Waals surface area contributed by atoms with Crippen molar-refractivity contribution in [3.63, 3.8) is 0 Å². The average molecular weight is 403 g/mol. The van der Waals surface area contributed by atoms with E-state index < -0.39 is 0 Å². The van der Waals surface area contributed by atoms with Gasteiger partial charge in [-0.3, -0.25) is 9.78 Å². The maximum absolute atomic E-state index is 12.5. The highest BCUT2D eigenvalue weighted by atomic mass is 35.5. The smallest absolute Gasteiger partial charge is 0.253 e. The number of nitrogens with two attached hydrogens (primary N) is 1. The van der Waals surface area contributed by atoms with Gasteiger partial charge in [-0.25, -0.2) is 0 Å². The fourth-order valence-corrected chi connectivity index (χ4v) is 3.67. The molecule has 0 spiro atoms. The summed E-state index contributed by atoms with van der Waals surface area (Å²) in [6, 6.07) is 1.88. The van der Waals surface area contributed by atoms with Gasteiger partial charge in [0, 0.05) is 30.2 Å². The summed E-state index contributed by atoms with van der Waals surface area (Å²) in [6.07, 6.45) is 9.58. The number of nitrogens with one attached hydrogen (secondary N) is 2. The highest BCUT2D eigenvalue weighted by Crippen LogP contribution is 2.24. The molecule has 1 amide bonds. The SMILES string of the molecule is C=C(/C=C(C)\C=C(\C)N)NC[C@H]1CC[C@H](NC(=O)c2cc(Cl)cnc2C)CC1. The Hall–Kier alpha value is -2.27. The fourth-order valence-electron chi connectivity index (χ4n) is 3.51. The van der Waals surface area contributed by atoms with Crippen LogP contribution in [0.15, 0.2) is 48.0 Å². The first-order chi connectivity index (χ1) is 13.2. The third kappa shape index (κ3) is 7.04. The molecule has 5 nitrogen and oxygen atoms in total. The van der Waals surface area contributed by atoms with Crippen LogP contribution < -0.4 is 16.4 Å². The van der Waals surface area contributed by atoms with Gasteiger partial charge in [0.15, 0.2) is 0 Å². The highest BCUT2D eigenvalue weighted by molar-refractivity contribution is 6.30. The van der Waals surface area contributed by atoms with Crippen molar-refractivity contribution in [2.45, 2.75) is 52.5 Å². The number of halogens is 1. The van der Waals surface area contributed by atoms with E-state index >= 15 is 0 Å². The zero-order chi connectivity index (χ0) is 20.7. The molecule has 0 aromatic carbocycles. The standard InChI is InChI=1S/C22H31ClN4O/c1-14(9-15(2)24)10-16(3)25-12-18-5-7-20(8-6-18)27-22(28)21-11-19(23)13-26-17(21)4/h9-11,13,18,20,25H,3,5-8,12,24H2,1-2,4H3,(H,27,28)/b14-10-,15-9-/t18-,20-. The van der Waals surface area contributed by atoms with Gasteiger partial charge < -0.3 is 16.4 Å². The number of allylic oxidation sites excluding steroid dienone is 4. The number of rotatable bonds is 7. The number of hydrogen-bond acceptors (Lipinski definition) is 4. The Morgan fingerprint density at radius 3 is 2.64 bits per heavy atom. The highest BCUT2D eigenvalue weighted by Gasteiger charge is 2.23. The second kappa shape index (κ2) is 10.3. The molecule has 1 saturated carbocycles. The Kier molecular flexibility index (Phi) is 8.12. The van der Waals surface area contributed by atoms with Gasteiger partial charge >= 0.3 is 0 Å². The van der Waals surface area contributed by atoms with E-state index in [-0.39, 0.29) is 11.9 Å². The first kappa shape index (κ1) is 22.0. The molecular weight excluding hydrogens is 372 g/mol. The minimum Gasteiger partial charge on any atom is -0.402 e. The molecule has 1 heterocycles. The minimum absolute atomic E-state index is 0.0914. The van der Waals surface area contributed by atoms with E-state index in [0.717, 1.165) is 49.2 Å². The summed E-state index contributed by atoms with van der Waals surface area (Å²) in [6.45, 7) is 10.7. The third-order valence-corrected chi connectivity index (χ3v) is 5.16. The predicted octanol–water partition coefficient (Wildman–Crippen LogP) is 4.24. The number of nitrogens with zero attached hydrogens (tertiary/aromatic N) is 1. The molecular formula is C22H31ClN4O. The van der Waals surface area contributed by atoms with E-state index in [2.05, 4.69) is 22.2 Å². The van der Waals surface area contributed by atoms with Crippen LogP contribution in [0.4, 0.5) is 0 Å². The Morgan fingerprint density at radius 2 is 2.00 bits per heavy atom. The molecule has 28 heavy (non-hydrogen) atoms. The molecule has 0 radical (unpaired) electrons. The van der Waals surface area contributed by atoms with Crippen molar-refractivity contribution in [1.82, 2.24) is 15.6 Å². The van der Waals surface area contributed by atoms with E-state index in [1.807, 2.05) is 32.9 Å². The quantitative estimate of drug-likeness (QED) is 0.596. The molecule has 0 saturated heterocycles. The normalized spacial score (nSPS) is 20.6. The Morgan fingerprint density at radius 1 is 1.32 bits per heavy atom. The lowest BCUT2D eigenvalue weighted by Gasteiger charge is -2.29. The van der Waals surface area contributed by atoms with Crippen molar-refractivity contribution in [2.24, 2.45) is 11.7 Å². The Balaban J connectivity index is 1.77. The van der Waals surface area contributed by atoms with E-state index in [0.29, 0.717) is 22.2 Å². The molecule has 6 heteroatoms. The summed E-state index contributed by atoms with van der Waals surface area (Å²) in [4.78, 5) is 16.7. The maximum atomic E-state index is 12.5. The molecule has 0 unspecified atom stereocenters. The third-order valence-electron chi connectivity index (χ3n) is 4.96. The number of pyridine rings is 1. The zero-order valence-electron chi connectivity index (χ0n) is 17.0. The second-order valence-corrected chi connectivity index (χ2v) is 8.10. The predicted molar refractivity (Wildman–Crippen MR) is 116 cm³/mol. The largest absolute Gasteiger partial charge is 0.402 e. The fraction of sp³-hybridized carbons (Fsp3) is 0.455. The molecule has 1 aromatic rings. The van der Waals surface area contributed by atoms with E-state index in [4.69, 9.17) is 17.3 Å². The summed E-state index contributed by atoms with van der Waals surface area (Å²) < 4.78 is 0. The molecule has 0 atom stereocenters. The lowest BCUT2D eigenvalue weighted by molar-refractivity contribution is 0.0921. The van der Waals surface area contributed by atoms with Crippen molar-refractivity contribution < 1.29 is 4.79 Å². The summed E-state index contributed by atoms with van der Waals surface area (Å²) >= 11 is 5.97. The van der Waals surface area contributed by atoms with Crippen molar-refractivity contribution in [3.05, 3.63) is 64.2 Å².